The number of carbonyl (C=O) groups excluding carboxylic acids is 1. The molecule has 0 unspecified atom stereocenters. The van der Waals surface area contributed by atoms with Gasteiger partial charge < -0.3 is 15.6 Å². The molecule has 0 aliphatic carbocycles. The molecule has 0 saturated carbocycles. The van der Waals surface area contributed by atoms with Gasteiger partial charge in [-0.25, -0.2) is 0 Å². The van der Waals surface area contributed by atoms with Gasteiger partial charge in [0.1, 0.15) is 0 Å². The summed E-state index contributed by atoms with van der Waals surface area (Å²) in [5.74, 6) is -0.155. The van der Waals surface area contributed by atoms with Crippen molar-refractivity contribution < 1.29 is 9.44 Å². The number of nitrogens with zero attached hydrogens (tertiary/aromatic N) is 1. The SMILES string of the molecule is CCCCCCCCCCCCCCCC(N)=O.CC[N+](C)(C)[O-]. The zero-order valence-electron chi connectivity index (χ0n) is 16.9. The third-order valence-corrected chi connectivity index (χ3v) is 4.29. The smallest absolute Gasteiger partial charge is 0.217 e. The lowest BCUT2D eigenvalue weighted by atomic mass is 10.0. The van der Waals surface area contributed by atoms with Crippen molar-refractivity contribution in [3.63, 3.8) is 0 Å². The highest BCUT2D eigenvalue weighted by molar-refractivity contribution is 5.73. The highest BCUT2D eigenvalue weighted by atomic mass is 16.5. The number of unbranched alkanes of at least 4 members (excludes halogenated alkanes) is 12. The van der Waals surface area contributed by atoms with Gasteiger partial charge in [-0.3, -0.25) is 4.79 Å². The molecule has 4 nitrogen and oxygen atoms in total. The van der Waals surface area contributed by atoms with Crippen molar-refractivity contribution in [1.29, 1.82) is 0 Å². The lowest BCUT2D eigenvalue weighted by Gasteiger charge is -2.31. The highest BCUT2D eigenvalue weighted by Crippen LogP contribution is 2.12. The molecule has 0 aromatic rings. The van der Waals surface area contributed by atoms with Crippen LogP contribution in [-0.2, 0) is 4.79 Å². The summed E-state index contributed by atoms with van der Waals surface area (Å²) in [6.45, 7) is 4.79. The monoisotopic (exact) mass is 344 g/mol. The van der Waals surface area contributed by atoms with E-state index in [9.17, 15) is 10.0 Å². The highest BCUT2D eigenvalue weighted by Gasteiger charge is 1.95. The third kappa shape index (κ3) is 29.4. The Kier molecular flexibility index (Phi) is 20.0. The molecule has 0 aromatic heterocycles. The summed E-state index contributed by atoms with van der Waals surface area (Å²) in [5, 5.41) is 10.4. The van der Waals surface area contributed by atoms with E-state index >= 15 is 0 Å². The Morgan fingerprint density at radius 3 is 1.29 bits per heavy atom. The van der Waals surface area contributed by atoms with Crippen LogP contribution in [0.2, 0.25) is 0 Å². The lowest BCUT2D eigenvalue weighted by Crippen LogP contribution is -2.31. The van der Waals surface area contributed by atoms with Gasteiger partial charge in [-0.1, -0.05) is 84.0 Å². The molecular weight excluding hydrogens is 300 g/mol. The molecule has 0 bridgehead atoms. The molecule has 1 amide bonds. The van der Waals surface area contributed by atoms with E-state index in [-0.39, 0.29) is 10.6 Å². The summed E-state index contributed by atoms with van der Waals surface area (Å²) in [7, 11) is 3.25. The number of quaternary nitrogens is 1. The molecule has 0 radical (unpaired) electrons. The maximum absolute atomic E-state index is 10.5. The van der Waals surface area contributed by atoms with Crippen molar-refractivity contribution in [2.45, 2.75) is 104 Å². The number of carbonyl (C=O) groups is 1. The average molecular weight is 345 g/mol. The largest absolute Gasteiger partial charge is 0.633 e. The average Bonchev–Trinajstić information content (AvgIpc) is 2.51. The molecule has 0 atom stereocenters. The van der Waals surface area contributed by atoms with E-state index in [1.165, 1.54) is 77.0 Å². The van der Waals surface area contributed by atoms with E-state index in [0.29, 0.717) is 13.0 Å². The Bertz CT molecular complexity index is 263. The quantitative estimate of drug-likeness (QED) is 0.241. The van der Waals surface area contributed by atoms with E-state index in [2.05, 4.69) is 6.92 Å². The Morgan fingerprint density at radius 2 is 1.04 bits per heavy atom. The van der Waals surface area contributed by atoms with Crippen LogP contribution in [0.15, 0.2) is 0 Å². The molecule has 0 aliphatic heterocycles. The molecule has 0 aromatic carbocycles. The van der Waals surface area contributed by atoms with Gasteiger partial charge in [-0.2, -0.15) is 0 Å². The van der Waals surface area contributed by atoms with Crippen LogP contribution in [0.1, 0.15) is 104 Å². The first-order valence-electron chi connectivity index (χ1n) is 10.2. The van der Waals surface area contributed by atoms with Gasteiger partial charge in [0.25, 0.3) is 0 Å². The zero-order valence-corrected chi connectivity index (χ0v) is 16.9. The van der Waals surface area contributed by atoms with Gasteiger partial charge in [0, 0.05) is 6.42 Å². The predicted molar refractivity (Wildman–Crippen MR) is 106 cm³/mol. The molecule has 0 fully saturated rings. The summed E-state index contributed by atoms with van der Waals surface area (Å²) in [4.78, 5) is 10.5. The van der Waals surface area contributed by atoms with Crippen molar-refractivity contribution in [1.82, 2.24) is 0 Å². The van der Waals surface area contributed by atoms with Crippen LogP contribution < -0.4 is 5.73 Å². The normalized spacial score (nSPS) is 11.0. The number of nitrogens with two attached hydrogens (primary N) is 1. The first-order valence-corrected chi connectivity index (χ1v) is 10.2. The fourth-order valence-electron chi connectivity index (χ4n) is 2.32. The van der Waals surface area contributed by atoms with Crippen LogP contribution in [0, 0.1) is 5.21 Å². The first kappa shape index (κ1) is 25.6. The molecule has 4 heteroatoms. The second kappa shape index (κ2) is 18.7. The molecule has 0 aliphatic rings. The van der Waals surface area contributed by atoms with Crippen molar-refractivity contribution >= 4 is 5.91 Å². The fraction of sp³-hybridized carbons (Fsp3) is 0.950. The zero-order chi connectivity index (χ0) is 18.7. The number of rotatable bonds is 15. The van der Waals surface area contributed by atoms with Gasteiger partial charge in [-0.05, 0) is 13.3 Å². The van der Waals surface area contributed by atoms with E-state index < -0.39 is 0 Å². The topological polar surface area (TPSA) is 66.2 Å². The second-order valence-corrected chi connectivity index (χ2v) is 7.35. The van der Waals surface area contributed by atoms with Crippen molar-refractivity contribution in [2.75, 3.05) is 20.6 Å². The van der Waals surface area contributed by atoms with Crippen LogP contribution in [0.25, 0.3) is 0 Å². The Hall–Kier alpha value is -0.610. The van der Waals surface area contributed by atoms with E-state index in [1.807, 2.05) is 6.92 Å². The Morgan fingerprint density at radius 1 is 0.750 bits per heavy atom. The number of primary amides is 1. The maximum Gasteiger partial charge on any atom is 0.217 e. The Balaban J connectivity index is 0. The third-order valence-electron chi connectivity index (χ3n) is 4.29. The standard InChI is InChI=1S/C16H33NO.C4H11NO/c1-2-3-4-5-6-7-8-9-10-11-12-13-14-15-16(17)18;1-4-5(2,3)6/h2-15H2,1H3,(H2,17,18);4H2,1-3H3. The molecule has 24 heavy (non-hydrogen) atoms. The van der Waals surface area contributed by atoms with Crippen molar-refractivity contribution in [3.8, 4) is 0 Å². The first-order chi connectivity index (χ1) is 11.3. The minimum atomic E-state index is -0.181. The van der Waals surface area contributed by atoms with E-state index in [4.69, 9.17) is 5.73 Å². The minimum Gasteiger partial charge on any atom is -0.633 e. The molecule has 146 valence electrons. The molecule has 0 saturated heterocycles. The summed E-state index contributed by atoms with van der Waals surface area (Å²) in [6.07, 6.45) is 17.9. The lowest BCUT2D eigenvalue weighted by molar-refractivity contribution is -0.837. The summed E-state index contributed by atoms with van der Waals surface area (Å²) in [5.41, 5.74) is 5.09. The Labute approximate surface area is 151 Å². The van der Waals surface area contributed by atoms with Gasteiger partial charge >= 0.3 is 0 Å². The fourth-order valence-corrected chi connectivity index (χ4v) is 2.32. The summed E-state index contributed by atoms with van der Waals surface area (Å²) >= 11 is 0. The molecule has 0 spiro atoms. The van der Waals surface area contributed by atoms with Crippen molar-refractivity contribution in [3.05, 3.63) is 5.21 Å². The van der Waals surface area contributed by atoms with Crippen LogP contribution in [0.3, 0.4) is 0 Å². The van der Waals surface area contributed by atoms with Gasteiger partial charge in [0.05, 0.1) is 20.6 Å². The van der Waals surface area contributed by atoms with Gasteiger partial charge in [-0.15, -0.1) is 0 Å². The summed E-state index contributed by atoms with van der Waals surface area (Å²) in [6, 6.07) is 0. The molecular formula is C20H44N2O2. The number of hydrogen-bond donors (Lipinski definition) is 1. The predicted octanol–water partition coefficient (Wildman–Crippen LogP) is 5.53. The van der Waals surface area contributed by atoms with Crippen molar-refractivity contribution in [2.24, 2.45) is 5.73 Å². The van der Waals surface area contributed by atoms with Crippen LogP contribution >= 0.6 is 0 Å². The van der Waals surface area contributed by atoms with E-state index in [1.54, 1.807) is 14.1 Å². The maximum atomic E-state index is 10.5. The molecule has 0 heterocycles. The van der Waals surface area contributed by atoms with Crippen LogP contribution in [0.4, 0.5) is 0 Å². The van der Waals surface area contributed by atoms with Gasteiger partial charge in [0.15, 0.2) is 0 Å². The van der Waals surface area contributed by atoms with E-state index in [0.717, 1.165) is 6.42 Å². The molecule has 0 rings (SSSR count). The minimum absolute atomic E-state index is 0.155. The van der Waals surface area contributed by atoms with Crippen LogP contribution in [0.5, 0.6) is 0 Å². The molecule has 2 N–H and O–H groups in total. The second-order valence-electron chi connectivity index (χ2n) is 7.35. The van der Waals surface area contributed by atoms with Crippen LogP contribution in [-0.4, -0.2) is 31.2 Å². The number of amides is 1. The summed E-state index contributed by atoms with van der Waals surface area (Å²) < 4.78 is -0.181. The number of hydroxylamine groups is 3. The van der Waals surface area contributed by atoms with Gasteiger partial charge in [0.2, 0.25) is 5.91 Å². The number of hydrogen-bond acceptors (Lipinski definition) is 2.